The minimum atomic E-state index is -0.672. The third-order valence-electron chi connectivity index (χ3n) is 5.00. The average molecular weight is 443 g/mol. The fourth-order valence-corrected chi connectivity index (χ4v) is 4.87. The van der Waals surface area contributed by atoms with E-state index in [0.29, 0.717) is 42.9 Å². The van der Waals surface area contributed by atoms with E-state index in [2.05, 4.69) is 11.4 Å². The summed E-state index contributed by atoms with van der Waals surface area (Å²) in [6.45, 7) is 4.48. The second-order valence-electron chi connectivity index (χ2n) is 7.07. The quantitative estimate of drug-likeness (QED) is 0.599. The topological polar surface area (TPSA) is 97.7 Å². The lowest BCUT2D eigenvalue weighted by molar-refractivity contribution is -0.116. The smallest absolute Gasteiger partial charge is 0.494 e. The molecule has 1 atom stereocenters. The van der Waals surface area contributed by atoms with Crippen molar-refractivity contribution in [2.24, 2.45) is 0 Å². The van der Waals surface area contributed by atoms with Gasteiger partial charge >= 0.3 is 6.16 Å². The molecule has 0 bridgehead atoms. The van der Waals surface area contributed by atoms with E-state index >= 15 is 0 Å². The lowest BCUT2D eigenvalue weighted by Crippen LogP contribution is -2.25. The van der Waals surface area contributed by atoms with Gasteiger partial charge in [-0.25, -0.2) is 4.79 Å². The number of hydrogen-bond acceptors (Lipinski definition) is 7. The monoisotopic (exact) mass is 442 g/mol. The predicted octanol–water partition coefficient (Wildman–Crippen LogP) is 4.62. The van der Waals surface area contributed by atoms with E-state index in [1.54, 1.807) is 6.92 Å². The molecule has 0 aliphatic heterocycles. The van der Waals surface area contributed by atoms with Gasteiger partial charge in [-0.2, -0.15) is 5.26 Å². The summed E-state index contributed by atoms with van der Waals surface area (Å²) in [5, 5.41) is 13.1. The molecule has 0 saturated carbocycles. The minimum absolute atomic E-state index is 0.152. The molecule has 31 heavy (non-hydrogen) atoms. The molecule has 3 rings (SSSR count). The number of rotatable bonds is 8. The van der Waals surface area contributed by atoms with Crippen LogP contribution in [0.1, 0.15) is 48.3 Å². The number of para-hydroxylation sites is 1. The number of thiophene rings is 1. The predicted molar refractivity (Wildman–Crippen MR) is 118 cm³/mol. The van der Waals surface area contributed by atoms with Gasteiger partial charge in [-0.05, 0) is 50.3 Å². The second kappa shape index (κ2) is 10.8. The van der Waals surface area contributed by atoms with Gasteiger partial charge in [0.2, 0.25) is 5.91 Å². The summed E-state index contributed by atoms with van der Waals surface area (Å²) in [5.74, 6) is 0.635. The van der Waals surface area contributed by atoms with Gasteiger partial charge in [-0.3, -0.25) is 4.79 Å². The van der Waals surface area contributed by atoms with Crippen molar-refractivity contribution in [1.82, 2.24) is 0 Å². The van der Waals surface area contributed by atoms with Crippen LogP contribution < -0.4 is 10.1 Å². The van der Waals surface area contributed by atoms with Crippen molar-refractivity contribution < 1.29 is 23.8 Å². The molecule has 1 aromatic heterocycles. The summed E-state index contributed by atoms with van der Waals surface area (Å²) in [4.78, 5) is 25.1. The first-order valence-corrected chi connectivity index (χ1v) is 11.3. The molecule has 1 aliphatic rings. The summed E-state index contributed by atoms with van der Waals surface area (Å²) in [7, 11) is 0. The molecule has 1 amide bonds. The highest BCUT2D eigenvalue weighted by Gasteiger charge is 2.28. The van der Waals surface area contributed by atoms with Gasteiger partial charge in [-0.15, -0.1) is 11.3 Å². The Kier molecular flexibility index (Phi) is 7.90. The zero-order valence-corrected chi connectivity index (χ0v) is 18.5. The normalized spacial score (nSPS) is 14.8. The Morgan fingerprint density at radius 3 is 2.81 bits per heavy atom. The van der Waals surface area contributed by atoms with Crippen molar-refractivity contribution >= 4 is 28.4 Å². The molecule has 1 heterocycles. The summed E-state index contributed by atoms with van der Waals surface area (Å²) in [6, 6.07) is 9.90. The Morgan fingerprint density at radius 1 is 1.26 bits per heavy atom. The summed E-state index contributed by atoms with van der Waals surface area (Å²) in [5.41, 5.74) is 2.43. The van der Waals surface area contributed by atoms with E-state index in [1.165, 1.54) is 11.3 Å². The van der Waals surface area contributed by atoms with Crippen LogP contribution in [0.5, 0.6) is 5.75 Å². The van der Waals surface area contributed by atoms with Crippen LogP contribution in [0.15, 0.2) is 24.3 Å². The molecule has 164 valence electrons. The Labute approximate surface area is 185 Å². The molecule has 7 nitrogen and oxygen atoms in total. The summed E-state index contributed by atoms with van der Waals surface area (Å²) in [6.07, 6.45) is 1.64. The van der Waals surface area contributed by atoms with Crippen LogP contribution in [-0.2, 0) is 33.5 Å². The van der Waals surface area contributed by atoms with Crippen molar-refractivity contribution in [1.29, 1.82) is 5.26 Å². The van der Waals surface area contributed by atoms with Crippen molar-refractivity contribution in [3.63, 3.8) is 0 Å². The first-order valence-electron chi connectivity index (χ1n) is 10.4. The molecule has 1 N–H and O–H groups in total. The van der Waals surface area contributed by atoms with Gasteiger partial charge in [0.25, 0.3) is 0 Å². The first kappa shape index (κ1) is 22.6. The number of fused-ring (bicyclic) bond motifs is 1. The first-order chi connectivity index (χ1) is 15.0. The van der Waals surface area contributed by atoms with E-state index in [4.69, 9.17) is 14.2 Å². The number of ether oxygens (including phenoxy) is 3. The SMILES string of the molecule is CCOC(=O)OC1CCc2c(sc(NC(=O)CCc3ccccc3OCC)c2C#N)C1. The fraction of sp³-hybridized carbons (Fsp3) is 0.435. The van der Waals surface area contributed by atoms with Crippen LogP contribution in [0.3, 0.4) is 0 Å². The Hall–Kier alpha value is -3.05. The van der Waals surface area contributed by atoms with Crippen LogP contribution in [-0.4, -0.2) is 31.4 Å². The standard InChI is InChI=1S/C23H26N2O5S/c1-3-28-19-8-6-5-7-15(19)9-12-21(26)25-22-18(14-24)17-11-10-16(13-20(17)31-22)30-23(27)29-4-2/h5-8,16H,3-4,9-13H2,1-2H3,(H,25,26). The number of carbonyl (C=O) groups excluding carboxylic acids is 2. The number of hydrogen-bond donors (Lipinski definition) is 1. The number of carbonyl (C=O) groups is 2. The van der Waals surface area contributed by atoms with Gasteiger partial charge in [0.1, 0.15) is 22.9 Å². The van der Waals surface area contributed by atoms with E-state index in [-0.39, 0.29) is 25.0 Å². The van der Waals surface area contributed by atoms with Gasteiger partial charge in [-0.1, -0.05) is 18.2 Å². The van der Waals surface area contributed by atoms with Gasteiger partial charge in [0.15, 0.2) is 0 Å². The van der Waals surface area contributed by atoms with Crippen LogP contribution in [0.25, 0.3) is 0 Å². The largest absolute Gasteiger partial charge is 0.508 e. The Bertz CT molecular complexity index is 979. The maximum Gasteiger partial charge on any atom is 0.508 e. The highest BCUT2D eigenvalue weighted by Crippen LogP contribution is 2.38. The molecule has 1 aromatic carbocycles. The van der Waals surface area contributed by atoms with E-state index in [0.717, 1.165) is 21.8 Å². The number of aryl methyl sites for hydroxylation is 1. The van der Waals surface area contributed by atoms with E-state index in [1.807, 2.05) is 31.2 Å². The Morgan fingerprint density at radius 2 is 2.06 bits per heavy atom. The van der Waals surface area contributed by atoms with Crippen molar-refractivity contribution in [3.8, 4) is 11.8 Å². The molecule has 1 aliphatic carbocycles. The highest BCUT2D eigenvalue weighted by atomic mass is 32.1. The number of anilines is 1. The van der Waals surface area contributed by atoms with Crippen LogP contribution in [0.2, 0.25) is 0 Å². The molecule has 0 saturated heterocycles. The van der Waals surface area contributed by atoms with E-state index < -0.39 is 6.16 Å². The van der Waals surface area contributed by atoms with Crippen molar-refractivity contribution in [3.05, 3.63) is 45.8 Å². The number of nitrogens with zero attached hydrogens (tertiary/aromatic N) is 1. The number of benzene rings is 1. The third-order valence-corrected chi connectivity index (χ3v) is 6.17. The number of nitrogens with one attached hydrogen (secondary N) is 1. The second-order valence-corrected chi connectivity index (χ2v) is 8.18. The Balaban J connectivity index is 1.64. The molecule has 0 radical (unpaired) electrons. The lowest BCUT2D eigenvalue weighted by Gasteiger charge is -2.21. The molecule has 8 heteroatoms. The zero-order chi connectivity index (χ0) is 22.2. The van der Waals surface area contributed by atoms with Crippen molar-refractivity contribution in [2.45, 2.75) is 52.1 Å². The van der Waals surface area contributed by atoms with Gasteiger partial charge < -0.3 is 19.5 Å². The number of amides is 1. The summed E-state index contributed by atoms with van der Waals surface area (Å²) >= 11 is 1.38. The number of nitriles is 1. The van der Waals surface area contributed by atoms with Crippen LogP contribution in [0, 0.1) is 11.3 Å². The molecule has 1 unspecified atom stereocenters. The maximum absolute atomic E-state index is 12.6. The van der Waals surface area contributed by atoms with Gasteiger partial charge in [0, 0.05) is 17.7 Å². The maximum atomic E-state index is 12.6. The average Bonchev–Trinajstić information content (AvgIpc) is 3.09. The van der Waals surface area contributed by atoms with Crippen LogP contribution in [0.4, 0.5) is 9.80 Å². The van der Waals surface area contributed by atoms with E-state index in [9.17, 15) is 14.9 Å². The zero-order valence-electron chi connectivity index (χ0n) is 17.7. The van der Waals surface area contributed by atoms with Crippen molar-refractivity contribution in [2.75, 3.05) is 18.5 Å². The molecule has 2 aromatic rings. The fourth-order valence-electron chi connectivity index (χ4n) is 3.59. The van der Waals surface area contributed by atoms with Crippen LogP contribution >= 0.6 is 11.3 Å². The summed E-state index contributed by atoms with van der Waals surface area (Å²) < 4.78 is 15.8. The molecule has 0 spiro atoms. The lowest BCUT2D eigenvalue weighted by atomic mass is 9.94. The molecular weight excluding hydrogens is 416 g/mol. The molecule has 0 fully saturated rings. The minimum Gasteiger partial charge on any atom is -0.494 e. The third kappa shape index (κ3) is 5.76. The highest BCUT2D eigenvalue weighted by molar-refractivity contribution is 7.16. The molecular formula is C23H26N2O5S. The van der Waals surface area contributed by atoms with Gasteiger partial charge in [0.05, 0.1) is 18.8 Å².